The quantitative estimate of drug-likeness (QED) is 0.0653. The van der Waals surface area contributed by atoms with Crippen LogP contribution in [0.2, 0.25) is 0 Å². The molecule has 1 saturated heterocycles. The van der Waals surface area contributed by atoms with Gasteiger partial charge in [0.05, 0.1) is 101 Å². The minimum absolute atomic E-state index is 0.151. The molecule has 0 amide bonds. The lowest BCUT2D eigenvalue weighted by Gasteiger charge is -2.32. The van der Waals surface area contributed by atoms with E-state index in [0.29, 0.717) is 32.4 Å². The summed E-state index contributed by atoms with van der Waals surface area (Å²) in [4.78, 5) is 0. The molecular weight excluding hydrogens is 1630 g/mol. The van der Waals surface area contributed by atoms with Gasteiger partial charge < -0.3 is 47.4 Å². The molecule has 10 aromatic carbocycles. The van der Waals surface area contributed by atoms with Gasteiger partial charge in [0.1, 0.15) is 52.4 Å². The number of benzene rings is 10. The zero-order valence-electron chi connectivity index (χ0n) is 64.8. The number of ether oxygens (including phenoxy) is 5. The number of hydrogen-bond acceptors (Lipinski definition) is 19. The topological polar surface area (TPSA) is 285 Å². The number of nitriles is 2. The van der Waals surface area contributed by atoms with E-state index in [-0.39, 0.29) is 40.8 Å². The third-order valence-electron chi connectivity index (χ3n) is 19.5. The molecule has 31 heteroatoms. The maximum absolute atomic E-state index is 12.9. The van der Waals surface area contributed by atoms with Crippen LogP contribution in [0.4, 0.5) is 13.2 Å². The monoisotopic (exact) mass is 1700 g/mol. The predicted molar refractivity (Wildman–Crippen MR) is 444 cm³/mol. The second-order valence-corrected chi connectivity index (χ2v) is 30.0. The van der Waals surface area contributed by atoms with Crippen molar-refractivity contribution in [2.24, 2.45) is 35.2 Å². The summed E-state index contributed by atoms with van der Waals surface area (Å²) in [5.41, 5.74) is 1.81. The van der Waals surface area contributed by atoms with E-state index in [1.54, 1.807) is 97.2 Å². The van der Waals surface area contributed by atoms with E-state index in [0.717, 1.165) is 110 Å². The van der Waals surface area contributed by atoms with Crippen molar-refractivity contribution in [2.75, 3.05) is 35.5 Å². The van der Waals surface area contributed by atoms with Crippen molar-refractivity contribution in [2.45, 2.75) is 44.4 Å². The van der Waals surface area contributed by atoms with Crippen LogP contribution in [-0.2, 0) is 54.7 Å². The van der Waals surface area contributed by atoms with Crippen LogP contribution in [0.25, 0.3) is 98.9 Å². The Morgan fingerprint density at radius 1 is 0.426 bits per heavy atom. The fourth-order valence-corrected chi connectivity index (χ4v) is 14.4. The van der Waals surface area contributed by atoms with E-state index in [1.807, 2.05) is 189 Å². The first-order valence-electron chi connectivity index (χ1n) is 35.2. The smallest absolute Gasteiger partial charge is 0.507 e. The highest BCUT2D eigenvalue weighted by Gasteiger charge is 2.53. The summed E-state index contributed by atoms with van der Waals surface area (Å²) < 4.78 is 115. The van der Waals surface area contributed by atoms with E-state index >= 15 is 0 Å². The Morgan fingerprint density at radius 3 is 1.18 bits per heavy atom. The lowest BCUT2D eigenvalue weighted by atomic mass is 9.85. The van der Waals surface area contributed by atoms with E-state index in [9.17, 15) is 42.3 Å². The van der Waals surface area contributed by atoms with E-state index in [1.165, 1.54) is 42.3 Å². The Balaban J connectivity index is 0.000000137. The van der Waals surface area contributed by atoms with Gasteiger partial charge in [-0.15, -0.1) is 0 Å². The van der Waals surface area contributed by atoms with Gasteiger partial charge in [-0.1, -0.05) is 72.8 Å². The van der Waals surface area contributed by atoms with Crippen LogP contribution in [0.1, 0.15) is 38.8 Å². The maximum Gasteiger partial charge on any atom is 0.534 e. The molecule has 0 bridgehead atoms. The SMILES string of the molecule is COc1cccc2c(C#N)c(-c3c(Br)cnn3C)ccc12.COc1cccc2c(C#N)c(-c3ccnn3C)ccc12.COc1cccc2c(O)c(-c3ccnn3C)ccc12.COc1cccc2c(O)c(Br)ccc12.COc1cccc2c(OS(=O)(=O)C(F)(F)F)c(-c3ccnn3C)ccc12.Cn1nccc1B1OC(C)(C)C(C)(C)O1. The number of alkyl halides is 3. The summed E-state index contributed by atoms with van der Waals surface area (Å²) >= 11 is 6.76. The van der Waals surface area contributed by atoms with Gasteiger partial charge in [0.15, 0.2) is 5.75 Å². The van der Waals surface area contributed by atoms with Gasteiger partial charge in [0.2, 0.25) is 0 Å². The van der Waals surface area contributed by atoms with Gasteiger partial charge >= 0.3 is 22.7 Å². The third-order valence-corrected chi connectivity index (χ3v) is 21.7. The molecule has 1 aliphatic heterocycles. The lowest BCUT2D eigenvalue weighted by molar-refractivity contribution is -0.0499. The molecule has 1 aliphatic rings. The number of aromatic nitrogens is 10. The second-order valence-electron chi connectivity index (χ2n) is 26.7. The highest BCUT2D eigenvalue weighted by Crippen LogP contribution is 2.45. The molecule has 0 unspecified atom stereocenters. The molecule has 0 aliphatic carbocycles. The van der Waals surface area contributed by atoms with Crippen molar-refractivity contribution in [1.82, 2.24) is 48.9 Å². The molecular formula is C84H78BBr2F3N12O12S. The number of hydrogen-bond donors (Lipinski definition) is 2. The third kappa shape index (κ3) is 17.1. The van der Waals surface area contributed by atoms with Crippen molar-refractivity contribution in [1.29, 1.82) is 10.5 Å². The zero-order chi connectivity index (χ0) is 83.0. The van der Waals surface area contributed by atoms with Gasteiger partial charge in [-0.25, -0.2) is 0 Å². The first kappa shape index (κ1) is 83.5. The number of aryl methyl sites for hydroxylation is 5. The van der Waals surface area contributed by atoms with Gasteiger partial charge in [-0.3, -0.25) is 23.4 Å². The number of nitrogens with zero attached hydrogens (tertiary/aromatic N) is 12. The van der Waals surface area contributed by atoms with E-state index < -0.39 is 21.4 Å². The lowest BCUT2D eigenvalue weighted by Crippen LogP contribution is -2.41. The van der Waals surface area contributed by atoms with E-state index in [2.05, 4.69) is 73.7 Å². The van der Waals surface area contributed by atoms with Crippen LogP contribution < -0.4 is 33.5 Å². The zero-order valence-corrected chi connectivity index (χ0v) is 68.8. The summed E-state index contributed by atoms with van der Waals surface area (Å²) in [5, 5.41) is 67.6. The fraction of sp³-hybridized carbons (Fsp3) is 0.202. The van der Waals surface area contributed by atoms with Crippen LogP contribution >= 0.6 is 31.9 Å². The molecule has 115 heavy (non-hydrogen) atoms. The summed E-state index contributed by atoms with van der Waals surface area (Å²) in [7, 11) is 10.8. The summed E-state index contributed by atoms with van der Waals surface area (Å²) in [5.74, 6) is 3.49. The van der Waals surface area contributed by atoms with Gasteiger partial charge in [0.25, 0.3) is 0 Å². The number of phenols is 2. The minimum atomic E-state index is -5.86. The molecule has 1 fully saturated rings. The van der Waals surface area contributed by atoms with Gasteiger partial charge in [-0.05, 0) is 163 Å². The van der Waals surface area contributed by atoms with Crippen LogP contribution in [-0.4, -0.2) is 127 Å². The number of rotatable bonds is 12. The molecule has 0 saturated carbocycles. The van der Waals surface area contributed by atoms with Crippen LogP contribution in [0.3, 0.4) is 0 Å². The van der Waals surface area contributed by atoms with Crippen molar-refractivity contribution < 1.29 is 69.0 Å². The largest absolute Gasteiger partial charge is 0.534 e. The molecule has 2 N–H and O–H groups in total. The maximum atomic E-state index is 12.9. The number of halogens is 5. The Morgan fingerprint density at radius 2 is 0.783 bits per heavy atom. The number of methoxy groups -OCH3 is 5. The molecule has 16 rings (SSSR count). The molecule has 590 valence electrons. The molecule has 5 aromatic heterocycles. The summed E-state index contributed by atoms with van der Waals surface area (Å²) in [6.45, 7) is 8.18. The number of fused-ring (bicyclic) bond motifs is 5. The van der Waals surface area contributed by atoms with Crippen molar-refractivity contribution in [3.8, 4) is 103 Å². The molecule has 15 aromatic rings. The van der Waals surface area contributed by atoms with Crippen LogP contribution in [0, 0.1) is 22.7 Å². The van der Waals surface area contributed by atoms with Crippen LogP contribution in [0.5, 0.6) is 46.0 Å². The molecule has 0 radical (unpaired) electrons. The second kappa shape index (κ2) is 34.9. The molecule has 0 atom stereocenters. The standard InChI is InChI=1S/C16H12BrN3O.C16H13F3N2O4S.C16H13N3O.C15H14N2O2.C11H9BrO2.C10H17BN2O2/c1-20-16(14(17)9-19-20)12-7-6-11-10(13(12)8-18)4-3-5-15(11)21-2;1-21-13(8-9-20-21)12-7-6-10-11(4-3-5-14(10)24-2)15(12)25-26(22,23)16(17,18)19;1-19-15(8-9-18-19)12-6-7-13-11(14(12)10-17)4-3-5-16(13)20-2;1-17-13(8-9-16-17)12-7-6-10-11(15(12)18)4-3-5-14(10)19-2;1-14-10-4-2-3-8-7(10)5-6-9(12)11(8)13;1-9(2)10(3,4)15-11(14-9)8-6-7-12-13(8)5/h3-7,9H,1-2H3;3-9H,1-2H3;3-9H,1-2H3;3-9,18H,1-2H3;2-6,13H,1H3;6-7H,1-5H3. The van der Waals surface area contributed by atoms with Crippen molar-refractivity contribution >= 4 is 109 Å². The number of aromatic hydroxyl groups is 2. The average Bonchev–Trinajstić information content (AvgIpc) is 1.73. The normalized spacial score (nSPS) is 12.7. The highest BCUT2D eigenvalue weighted by atomic mass is 79.9. The average molecular weight is 1710 g/mol. The molecule has 6 heterocycles. The first-order valence-corrected chi connectivity index (χ1v) is 38.2. The van der Waals surface area contributed by atoms with Gasteiger partial charge in [-0.2, -0.15) is 57.6 Å². The molecule has 24 nitrogen and oxygen atoms in total. The van der Waals surface area contributed by atoms with E-state index in [4.69, 9.17) is 33.0 Å². The highest BCUT2D eigenvalue weighted by molar-refractivity contribution is 9.11. The van der Waals surface area contributed by atoms with Gasteiger partial charge in [0, 0.05) is 136 Å². The Bertz CT molecular complexity index is 6270. The van der Waals surface area contributed by atoms with Crippen molar-refractivity contribution in [3.05, 3.63) is 227 Å². The summed E-state index contributed by atoms with van der Waals surface area (Å²) in [6.07, 6.45) is 8.36. The Kier molecular flexibility index (Phi) is 25.4. The number of phenolic OH excluding ortho intramolecular Hbond substituents is 2. The van der Waals surface area contributed by atoms with Crippen molar-refractivity contribution in [3.63, 3.8) is 0 Å². The minimum Gasteiger partial charge on any atom is -0.507 e. The summed E-state index contributed by atoms with van der Waals surface area (Å²) in [6, 6.07) is 57.6. The fourth-order valence-electron chi connectivity index (χ4n) is 13.0. The Hall–Kier alpha value is -12.4. The van der Waals surface area contributed by atoms with Crippen LogP contribution in [0.15, 0.2) is 216 Å². The first-order chi connectivity index (χ1) is 54.9. The Labute approximate surface area is 678 Å². The molecule has 0 spiro atoms. The predicted octanol–water partition coefficient (Wildman–Crippen LogP) is 17.5.